The van der Waals surface area contributed by atoms with Gasteiger partial charge in [-0.2, -0.15) is 0 Å². The van der Waals surface area contributed by atoms with Gasteiger partial charge in [-0.15, -0.1) is 11.6 Å². The Labute approximate surface area is 117 Å². The third-order valence-corrected chi connectivity index (χ3v) is 3.39. The first kappa shape index (κ1) is 13.7. The smallest absolute Gasteiger partial charge is 0.125 e. The second-order valence-corrected chi connectivity index (χ2v) is 5.48. The van der Waals surface area contributed by atoms with Crippen LogP contribution in [0.5, 0.6) is 0 Å². The van der Waals surface area contributed by atoms with Gasteiger partial charge in [0.2, 0.25) is 0 Å². The summed E-state index contributed by atoms with van der Waals surface area (Å²) in [4.78, 5) is 6.71. The molecule has 1 atom stereocenters. The summed E-state index contributed by atoms with van der Waals surface area (Å²) in [5, 5.41) is 0.702. The largest absolute Gasteiger partial charge is 0.323 e. The fourth-order valence-corrected chi connectivity index (χ4v) is 2.67. The number of fused-ring (bicyclic) bond motifs is 1. The minimum Gasteiger partial charge on any atom is -0.323 e. The number of nitrogens with zero attached hydrogens (tertiary/aromatic N) is 3. The molecule has 18 heavy (non-hydrogen) atoms. The summed E-state index contributed by atoms with van der Waals surface area (Å²) in [5.74, 6) is 1.30. The van der Waals surface area contributed by atoms with E-state index in [0.29, 0.717) is 16.9 Å². The SMILES string of the molecule is CC(CN(C)C)n1c(CCl)nc2cc(Cl)ccc21. The van der Waals surface area contributed by atoms with E-state index >= 15 is 0 Å². The Morgan fingerprint density at radius 1 is 1.39 bits per heavy atom. The standard InChI is InChI=1S/C13H17Cl2N3/c1-9(8-17(2)3)18-12-5-4-10(15)6-11(12)16-13(18)7-14/h4-6,9H,7-8H2,1-3H3. The van der Waals surface area contributed by atoms with Crippen molar-refractivity contribution in [3.05, 3.63) is 29.0 Å². The molecule has 0 aliphatic heterocycles. The van der Waals surface area contributed by atoms with Crippen LogP contribution >= 0.6 is 23.2 Å². The molecule has 0 saturated heterocycles. The summed E-state index contributed by atoms with van der Waals surface area (Å²) in [6.45, 7) is 3.11. The highest BCUT2D eigenvalue weighted by atomic mass is 35.5. The second-order valence-electron chi connectivity index (χ2n) is 4.78. The number of hydrogen-bond acceptors (Lipinski definition) is 2. The zero-order valence-corrected chi connectivity index (χ0v) is 12.3. The van der Waals surface area contributed by atoms with Gasteiger partial charge in [0.25, 0.3) is 0 Å². The van der Waals surface area contributed by atoms with Crippen molar-refractivity contribution in [3.63, 3.8) is 0 Å². The quantitative estimate of drug-likeness (QED) is 0.801. The lowest BCUT2D eigenvalue weighted by molar-refractivity contribution is 0.337. The van der Waals surface area contributed by atoms with E-state index in [1.54, 1.807) is 0 Å². The predicted octanol–water partition coefficient (Wildman–Crippen LogP) is 3.55. The Bertz CT molecular complexity index is 548. The summed E-state index contributed by atoms with van der Waals surface area (Å²) in [6.07, 6.45) is 0. The third-order valence-electron chi connectivity index (χ3n) is 2.91. The maximum absolute atomic E-state index is 6.00. The van der Waals surface area contributed by atoms with Crippen molar-refractivity contribution in [1.82, 2.24) is 14.5 Å². The van der Waals surface area contributed by atoms with Crippen LogP contribution in [0.15, 0.2) is 18.2 Å². The van der Waals surface area contributed by atoms with Gasteiger partial charge in [-0.05, 0) is 39.2 Å². The number of alkyl halides is 1. The lowest BCUT2D eigenvalue weighted by Gasteiger charge is -2.20. The van der Waals surface area contributed by atoms with E-state index in [0.717, 1.165) is 23.4 Å². The van der Waals surface area contributed by atoms with Crippen LogP contribution in [-0.4, -0.2) is 35.1 Å². The van der Waals surface area contributed by atoms with Crippen LogP contribution in [0.2, 0.25) is 5.02 Å². The first-order valence-corrected chi connectivity index (χ1v) is 6.81. The van der Waals surface area contributed by atoms with Crippen LogP contribution < -0.4 is 0 Å². The second kappa shape index (κ2) is 5.47. The van der Waals surface area contributed by atoms with Crippen molar-refractivity contribution in [3.8, 4) is 0 Å². The summed E-state index contributed by atoms with van der Waals surface area (Å²) >= 11 is 12.0. The van der Waals surface area contributed by atoms with Crippen LogP contribution in [0.1, 0.15) is 18.8 Å². The van der Waals surface area contributed by atoms with Crippen molar-refractivity contribution < 1.29 is 0 Å². The first-order valence-electron chi connectivity index (χ1n) is 5.90. The highest BCUT2D eigenvalue weighted by Crippen LogP contribution is 2.25. The lowest BCUT2D eigenvalue weighted by atomic mass is 10.2. The molecule has 1 unspecified atom stereocenters. The molecule has 0 radical (unpaired) electrons. The molecular weight excluding hydrogens is 269 g/mol. The Kier molecular flexibility index (Phi) is 4.15. The molecule has 0 bridgehead atoms. The van der Waals surface area contributed by atoms with E-state index in [4.69, 9.17) is 23.2 Å². The average Bonchev–Trinajstić information content (AvgIpc) is 2.65. The Hall–Kier alpha value is -0.770. The molecule has 0 aliphatic rings. The summed E-state index contributed by atoms with van der Waals surface area (Å²) in [7, 11) is 4.12. The number of imidazole rings is 1. The molecule has 0 N–H and O–H groups in total. The van der Waals surface area contributed by atoms with E-state index in [9.17, 15) is 0 Å². The van der Waals surface area contributed by atoms with Crippen molar-refractivity contribution in [2.24, 2.45) is 0 Å². The number of likely N-dealkylation sites (N-methyl/N-ethyl adjacent to an activating group) is 1. The van der Waals surface area contributed by atoms with Gasteiger partial charge in [0.05, 0.1) is 16.9 Å². The first-order chi connectivity index (χ1) is 8.52. The van der Waals surface area contributed by atoms with Gasteiger partial charge in [-0.1, -0.05) is 11.6 Å². The summed E-state index contributed by atoms with van der Waals surface area (Å²) < 4.78 is 2.19. The minimum absolute atomic E-state index is 0.319. The topological polar surface area (TPSA) is 21.1 Å². The van der Waals surface area contributed by atoms with Gasteiger partial charge in [-0.3, -0.25) is 0 Å². The fraction of sp³-hybridized carbons (Fsp3) is 0.462. The van der Waals surface area contributed by atoms with Crippen LogP contribution in [-0.2, 0) is 5.88 Å². The molecule has 3 nitrogen and oxygen atoms in total. The molecule has 1 aromatic heterocycles. The van der Waals surface area contributed by atoms with Crippen LogP contribution in [0.25, 0.3) is 11.0 Å². The van der Waals surface area contributed by atoms with Gasteiger partial charge in [0, 0.05) is 17.6 Å². The molecule has 2 rings (SSSR count). The molecule has 0 aliphatic carbocycles. The van der Waals surface area contributed by atoms with E-state index in [-0.39, 0.29) is 0 Å². The monoisotopic (exact) mass is 285 g/mol. The van der Waals surface area contributed by atoms with Crippen LogP contribution in [0, 0.1) is 0 Å². The van der Waals surface area contributed by atoms with Crippen molar-refractivity contribution in [2.75, 3.05) is 20.6 Å². The molecule has 1 heterocycles. The van der Waals surface area contributed by atoms with E-state index in [1.165, 1.54) is 0 Å². The Morgan fingerprint density at radius 2 is 2.11 bits per heavy atom. The fourth-order valence-electron chi connectivity index (χ4n) is 2.32. The van der Waals surface area contributed by atoms with E-state index in [2.05, 4.69) is 35.5 Å². The zero-order valence-electron chi connectivity index (χ0n) is 10.8. The molecule has 0 spiro atoms. The van der Waals surface area contributed by atoms with Crippen molar-refractivity contribution in [2.45, 2.75) is 18.8 Å². The highest BCUT2D eigenvalue weighted by Gasteiger charge is 2.15. The third kappa shape index (κ3) is 2.63. The normalized spacial score (nSPS) is 13.4. The number of rotatable bonds is 4. The van der Waals surface area contributed by atoms with E-state index < -0.39 is 0 Å². The molecule has 5 heteroatoms. The van der Waals surface area contributed by atoms with Gasteiger partial charge in [0.15, 0.2) is 0 Å². The number of benzene rings is 1. The van der Waals surface area contributed by atoms with E-state index in [1.807, 2.05) is 18.2 Å². The average molecular weight is 286 g/mol. The Balaban J connectivity index is 2.53. The molecule has 1 aromatic carbocycles. The summed E-state index contributed by atoms with van der Waals surface area (Å²) in [6, 6.07) is 6.10. The highest BCUT2D eigenvalue weighted by molar-refractivity contribution is 6.31. The van der Waals surface area contributed by atoms with Gasteiger partial charge >= 0.3 is 0 Å². The lowest BCUT2D eigenvalue weighted by Crippen LogP contribution is -2.23. The van der Waals surface area contributed by atoms with Gasteiger partial charge < -0.3 is 9.47 Å². The molecule has 98 valence electrons. The summed E-state index contributed by atoms with van der Waals surface area (Å²) in [5.41, 5.74) is 1.99. The predicted molar refractivity (Wildman–Crippen MR) is 77.6 cm³/mol. The minimum atomic E-state index is 0.319. The maximum atomic E-state index is 6.00. The van der Waals surface area contributed by atoms with Crippen molar-refractivity contribution >= 4 is 34.2 Å². The Morgan fingerprint density at radius 3 is 2.72 bits per heavy atom. The van der Waals surface area contributed by atoms with Gasteiger partial charge in [0.1, 0.15) is 5.82 Å². The number of aromatic nitrogens is 2. The molecular formula is C13H17Cl2N3. The molecule has 2 aromatic rings. The zero-order chi connectivity index (χ0) is 13.3. The van der Waals surface area contributed by atoms with Crippen LogP contribution in [0.3, 0.4) is 0 Å². The van der Waals surface area contributed by atoms with Crippen LogP contribution in [0.4, 0.5) is 0 Å². The maximum Gasteiger partial charge on any atom is 0.125 e. The molecule has 0 saturated carbocycles. The molecule has 0 fully saturated rings. The number of halogens is 2. The van der Waals surface area contributed by atoms with Gasteiger partial charge in [-0.25, -0.2) is 4.98 Å². The van der Waals surface area contributed by atoms with Crippen molar-refractivity contribution in [1.29, 1.82) is 0 Å². The number of hydrogen-bond donors (Lipinski definition) is 0. The molecule has 0 amide bonds.